The number of benzene rings is 2. The van der Waals surface area contributed by atoms with E-state index < -0.39 is 0 Å². The van der Waals surface area contributed by atoms with Gasteiger partial charge in [-0.05, 0) is 55.7 Å². The van der Waals surface area contributed by atoms with Crippen LogP contribution >= 0.6 is 0 Å². The van der Waals surface area contributed by atoms with Crippen LogP contribution in [0.1, 0.15) is 51.4 Å². The first-order chi connectivity index (χ1) is 13.3. The minimum atomic E-state index is 0.0697. The summed E-state index contributed by atoms with van der Waals surface area (Å²) in [5, 5.41) is 11.3. The van der Waals surface area contributed by atoms with Gasteiger partial charge in [0, 0.05) is 12.1 Å². The van der Waals surface area contributed by atoms with Crippen LogP contribution in [0.25, 0.3) is 0 Å². The van der Waals surface area contributed by atoms with Gasteiger partial charge in [-0.15, -0.1) is 6.58 Å². The smallest absolute Gasteiger partial charge is 0.224 e. The summed E-state index contributed by atoms with van der Waals surface area (Å²) >= 11 is 0. The van der Waals surface area contributed by atoms with E-state index in [1.807, 2.05) is 60.7 Å². The number of nitrogens with one attached hydrogen (secondary N) is 1. The molecule has 0 aromatic heterocycles. The summed E-state index contributed by atoms with van der Waals surface area (Å²) in [6.45, 7) is 3.73. The molecular weight excluding hydrogens is 334 g/mol. The van der Waals surface area contributed by atoms with E-state index in [9.17, 15) is 4.79 Å². The molecule has 0 aliphatic carbocycles. The maximum absolute atomic E-state index is 12.0. The van der Waals surface area contributed by atoms with Gasteiger partial charge in [-0.3, -0.25) is 4.79 Å². The molecule has 0 saturated carbocycles. The van der Waals surface area contributed by atoms with Gasteiger partial charge in [-0.1, -0.05) is 50.0 Å². The highest BCUT2D eigenvalue weighted by Crippen LogP contribution is 2.20. The van der Waals surface area contributed by atoms with Crippen molar-refractivity contribution in [1.29, 1.82) is 0 Å². The lowest BCUT2D eigenvalue weighted by Crippen LogP contribution is -2.10. The number of unbranched alkanes of at least 4 members (excludes halogenated alkanes) is 6. The zero-order valence-corrected chi connectivity index (χ0v) is 15.9. The van der Waals surface area contributed by atoms with Crippen LogP contribution in [0, 0.1) is 0 Å². The molecule has 1 N–H and O–H groups in total. The van der Waals surface area contributed by atoms with Crippen LogP contribution in [0.4, 0.5) is 17.1 Å². The van der Waals surface area contributed by atoms with Crippen LogP contribution in [0.15, 0.2) is 77.5 Å². The standard InChI is InChI=1S/C23H29N3O/c1-2-3-4-5-6-7-8-12-15-23(27)24-20-16-18-22(19-17-20)26-25-21-13-10-9-11-14-21/h2,9-11,13-14,16-19H,1,3-8,12,15H2,(H,24,27). The van der Waals surface area contributed by atoms with E-state index in [4.69, 9.17) is 0 Å². The molecule has 142 valence electrons. The van der Waals surface area contributed by atoms with Crippen molar-refractivity contribution < 1.29 is 4.79 Å². The number of hydrogen-bond donors (Lipinski definition) is 1. The summed E-state index contributed by atoms with van der Waals surface area (Å²) in [6, 6.07) is 17.0. The van der Waals surface area contributed by atoms with E-state index in [0.29, 0.717) is 6.42 Å². The van der Waals surface area contributed by atoms with Gasteiger partial charge in [-0.2, -0.15) is 10.2 Å². The Kier molecular flexibility index (Phi) is 9.58. The van der Waals surface area contributed by atoms with Crippen LogP contribution in [-0.4, -0.2) is 5.91 Å². The lowest BCUT2D eigenvalue weighted by Gasteiger charge is -2.05. The van der Waals surface area contributed by atoms with Crippen LogP contribution in [-0.2, 0) is 4.79 Å². The summed E-state index contributed by atoms with van der Waals surface area (Å²) in [5.74, 6) is 0.0697. The first-order valence-electron chi connectivity index (χ1n) is 9.75. The number of azo groups is 1. The van der Waals surface area contributed by atoms with E-state index in [2.05, 4.69) is 22.1 Å². The third kappa shape index (κ3) is 8.95. The van der Waals surface area contributed by atoms with E-state index in [0.717, 1.165) is 36.3 Å². The average Bonchev–Trinajstić information content (AvgIpc) is 2.70. The Morgan fingerprint density at radius 2 is 1.41 bits per heavy atom. The van der Waals surface area contributed by atoms with Crippen molar-refractivity contribution in [3.63, 3.8) is 0 Å². The van der Waals surface area contributed by atoms with Crippen molar-refractivity contribution in [2.45, 2.75) is 51.4 Å². The van der Waals surface area contributed by atoms with Crippen molar-refractivity contribution in [3.05, 3.63) is 67.3 Å². The number of nitrogens with zero attached hydrogens (tertiary/aromatic N) is 2. The number of rotatable bonds is 12. The van der Waals surface area contributed by atoms with Crippen molar-refractivity contribution in [2.24, 2.45) is 10.2 Å². The summed E-state index contributed by atoms with van der Waals surface area (Å²) in [7, 11) is 0. The fraction of sp³-hybridized carbons (Fsp3) is 0.348. The second-order valence-electron chi connectivity index (χ2n) is 6.58. The first kappa shape index (κ1) is 20.6. The van der Waals surface area contributed by atoms with E-state index in [1.54, 1.807) is 0 Å². The molecule has 0 aliphatic rings. The van der Waals surface area contributed by atoms with E-state index in [1.165, 1.54) is 25.7 Å². The van der Waals surface area contributed by atoms with Gasteiger partial charge in [-0.25, -0.2) is 0 Å². The molecule has 27 heavy (non-hydrogen) atoms. The Bertz CT molecular complexity index is 708. The predicted octanol–water partition coefficient (Wildman–Crippen LogP) is 7.35. The Hall–Kier alpha value is -2.75. The maximum atomic E-state index is 12.0. The van der Waals surface area contributed by atoms with Crippen molar-refractivity contribution in [2.75, 3.05) is 5.32 Å². The zero-order valence-electron chi connectivity index (χ0n) is 15.9. The fourth-order valence-corrected chi connectivity index (χ4v) is 2.73. The average molecular weight is 364 g/mol. The number of carbonyl (C=O) groups is 1. The fourth-order valence-electron chi connectivity index (χ4n) is 2.73. The molecule has 0 saturated heterocycles. The third-order valence-electron chi connectivity index (χ3n) is 4.25. The molecule has 1 amide bonds. The molecule has 0 fully saturated rings. The minimum absolute atomic E-state index is 0.0697. The van der Waals surface area contributed by atoms with Gasteiger partial charge in [0.05, 0.1) is 11.4 Å². The number of allylic oxidation sites excluding steroid dienone is 1. The number of hydrogen-bond acceptors (Lipinski definition) is 3. The second kappa shape index (κ2) is 12.6. The molecule has 0 radical (unpaired) electrons. The SMILES string of the molecule is C=CCCCCCCCCC(=O)Nc1ccc(N=Nc2ccccc2)cc1. The summed E-state index contributed by atoms with van der Waals surface area (Å²) in [6.07, 6.45) is 10.6. The van der Waals surface area contributed by atoms with Gasteiger partial charge >= 0.3 is 0 Å². The zero-order chi connectivity index (χ0) is 19.2. The Morgan fingerprint density at radius 1 is 0.815 bits per heavy atom. The number of anilines is 1. The molecule has 0 heterocycles. The van der Waals surface area contributed by atoms with Crippen molar-refractivity contribution >= 4 is 23.0 Å². The monoisotopic (exact) mass is 363 g/mol. The van der Waals surface area contributed by atoms with Gasteiger partial charge in [0.15, 0.2) is 0 Å². The van der Waals surface area contributed by atoms with Gasteiger partial charge in [0.1, 0.15) is 0 Å². The van der Waals surface area contributed by atoms with Gasteiger partial charge < -0.3 is 5.32 Å². The molecule has 0 spiro atoms. The minimum Gasteiger partial charge on any atom is -0.326 e. The van der Waals surface area contributed by atoms with Crippen LogP contribution in [0.2, 0.25) is 0 Å². The molecule has 0 bridgehead atoms. The molecule has 0 atom stereocenters. The third-order valence-corrected chi connectivity index (χ3v) is 4.25. The first-order valence-corrected chi connectivity index (χ1v) is 9.75. The van der Waals surface area contributed by atoms with Crippen LogP contribution in [0.3, 0.4) is 0 Å². The highest BCUT2D eigenvalue weighted by atomic mass is 16.1. The molecule has 0 unspecified atom stereocenters. The normalized spacial score (nSPS) is 10.8. The molecule has 4 nitrogen and oxygen atoms in total. The lowest BCUT2D eigenvalue weighted by molar-refractivity contribution is -0.116. The molecule has 0 aliphatic heterocycles. The highest BCUT2D eigenvalue weighted by molar-refractivity contribution is 5.90. The van der Waals surface area contributed by atoms with Crippen molar-refractivity contribution in [3.8, 4) is 0 Å². The molecule has 2 rings (SSSR count). The van der Waals surface area contributed by atoms with Crippen LogP contribution in [0.5, 0.6) is 0 Å². The van der Waals surface area contributed by atoms with E-state index >= 15 is 0 Å². The van der Waals surface area contributed by atoms with Gasteiger partial charge in [0.2, 0.25) is 5.91 Å². The predicted molar refractivity (Wildman–Crippen MR) is 113 cm³/mol. The highest BCUT2D eigenvalue weighted by Gasteiger charge is 2.02. The molecule has 4 heteroatoms. The quantitative estimate of drug-likeness (QED) is 0.239. The van der Waals surface area contributed by atoms with E-state index in [-0.39, 0.29) is 5.91 Å². The summed E-state index contributed by atoms with van der Waals surface area (Å²) in [4.78, 5) is 12.0. The number of amides is 1. The van der Waals surface area contributed by atoms with Crippen molar-refractivity contribution in [1.82, 2.24) is 0 Å². The second-order valence-corrected chi connectivity index (χ2v) is 6.58. The van der Waals surface area contributed by atoms with Crippen LogP contribution < -0.4 is 5.32 Å². The lowest BCUT2D eigenvalue weighted by atomic mass is 10.1. The molecule has 2 aromatic carbocycles. The summed E-state index contributed by atoms with van der Waals surface area (Å²) in [5.41, 5.74) is 2.37. The Balaban J connectivity index is 1.64. The summed E-state index contributed by atoms with van der Waals surface area (Å²) < 4.78 is 0. The molecule has 2 aromatic rings. The Morgan fingerprint density at radius 3 is 2.07 bits per heavy atom. The Labute approximate surface area is 162 Å². The topological polar surface area (TPSA) is 53.8 Å². The maximum Gasteiger partial charge on any atom is 0.224 e. The molecular formula is C23H29N3O. The largest absolute Gasteiger partial charge is 0.326 e. The van der Waals surface area contributed by atoms with Gasteiger partial charge in [0.25, 0.3) is 0 Å². The number of carbonyl (C=O) groups excluding carboxylic acids is 1.